The van der Waals surface area contributed by atoms with E-state index in [1.165, 1.54) is 11.3 Å². The van der Waals surface area contributed by atoms with Gasteiger partial charge >= 0.3 is 0 Å². The van der Waals surface area contributed by atoms with Gasteiger partial charge in [0.2, 0.25) is 0 Å². The van der Waals surface area contributed by atoms with Crippen LogP contribution in [-0.2, 0) is 0 Å². The topological polar surface area (TPSA) is 6.25 Å². The molecule has 0 atom stereocenters. The van der Waals surface area contributed by atoms with Crippen molar-refractivity contribution in [2.75, 3.05) is 30.3 Å². The zero-order valence-corrected chi connectivity index (χ0v) is 15.8. The number of hydrogen-bond acceptors (Lipinski definition) is 3. The summed E-state index contributed by atoms with van der Waals surface area (Å²) in [4.78, 5) is 2.35. The van der Waals surface area contributed by atoms with E-state index in [-0.39, 0.29) is 0 Å². The fraction of sp³-hybridized carbons (Fsp3) is 0.316. The first kappa shape index (κ1) is 19.7. The van der Waals surface area contributed by atoms with Gasteiger partial charge in [0.05, 0.1) is 0 Å². The molecule has 1 rings (SSSR count). The number of benzene rings is 1. The van der Waals surface area contributed by atoms with Crippen LogP contribution < -0.4 is 4.90 Å². The number of allylic oxidation sites excluding steroid dienone is 2. The SMILES string of the molecule is C=CC=[N+](CC)C(=C)/C=C/c1ccc(N(CC)CCSS)cc1. The Morgan fingerprint density at radius 1 is 1.30 bits per heavy atom. The van der Waals surface area contributed by atoms with Gasteiger partial charge in [0, 0.05) is 30.6 Å². The quantitative estimate of drug-likeness (QED) is 0.211. The van der Waals surface area contributed by atoms with Gasteiger partial charge in [0.15, 0.2) is 11.9 Å². The van der Waals surface area contributed by atoms with Gasteiger partial charge in [-0.05, 0) is 50.3 Å². The smallest absolute Gasteiger partial charge is 0.197 e. The molecule has 0 amide bonds. The van der Waals surface area contributed by atoms with E-state index >= 15 is 0 Å². The summed E-state index contributed by atoms with van der Waals surface area (Å²) in [5.41, 5.74) is 3.38. The Balaban J connectivity index is 2.76. The fourth-order valence-corrected chi connectivity index (χ4v) is 2.78. The van der Waals surface area contributed by atoms with E-state index in [4.69, 9.17) is 0 Å². The van der Waals surface area contributed by atoms with Gasteiger partial charge in [-0.25, -0.2) is 0 Å². The third kappa shape index (κ3) is 6.71. The molecule has 0 unspecified atom stereocenters. The van der Waals surface area contributed by atoms with Gasteiger partial charge in [0.1, 0.15) is 6.54 Å². The molecule has 0 aliphatic heterocycles. The van der Waals surface area contributed by atoms with E-state index in [2.05, 4.69) is 78.5 Å². The fourth-order valence-electron chi connectivity index (χ4n) is 2.24. The number of likely N-dealkylation sites (N-methyl/N-ethyl adjacent to an activating group) is 1. The second-order valence-electron chi connectivity index (χ2n) is 5.00. The predicted octanol–water partition coefficient (Wildman–Crippen LogP) is 4.91. The van der Waals surface area contributed by atoms with E-state index in [0.29, 0.717) is 0 Å². The number of anilines is 1. The lowest BCUT2D eigenvalue weighted by Crippen LogP contribution is -2.25. The third-order valence-electron chi connectivity index (χ3n) is 3.56. The molecule has 4 heteroatoms. The second-order valence-corrected chi connectivity index (χ2v) is 6.44. The minimum atomic E-state index is 0.878. The van der Waals surface area contributed by atoms with E-state index in [1.807, 2.05) is 12.3 Å². The van der Waals surface area contributed by atoms with Crippen molar-refractivity contribution in [1.29, 1.82) is 0 Å². The van der Waals surface area contributed by atoms with Crippen molar-refractivity contribution in [1.82, 2.24) is 0 Å². The van der Waals surface area contributed by atoms with E-state index in [0.717, 1.165) is 31.1 Å². The van der Waals surface area contributed by atoms with Gasteiger partial charge in [-0.1, -0.05) is 29.5 Å². The summed E-state index contributed by atoms with van der Waals surface area (Å²) < 4.78 is 2.06. The highest BCUT2D eigenvalue weighted by atomic mass is 33.1. The Morgan fingerprint density at radius 2 is 2.00 bits per heavy atom. The Morgan fingerprint density at radius 3 is 2.52 bits per heavy atom. The molecular weight excluding hydrogens is 320 g/mol. The first-order chi connectivity index (χ1) is 11.2. The molecule has 0 bridgehead atoms. The molecule has 1 aromatic rings. The van der Waals surface area contributed by atoms with Crippen molar-refractivity contribution in [2.45, 2.75) is 13.8 Å². The summed E-state index contributed by atoms with van der Waals surface area (Å²) in [5.74, 6) is 1.02. The lowest BCUT2D eigenvalue weighted by atomic mass is 10.1. The molecule has 2 nitrogen and oxygen atoms in total. The molecule has 0 saturated heterocycles. The van der Waals surface area contributed by atoms with Crippen LogP contribution in [0.3, 0.4) is 0 Å². The minimum Gasteiger partial charge on any atom is -0.371 e. The number of hydrogen-bond donors (Lipinski definition) is 1. The van der Waals surface area contributed by atoms with Crippen LogP contribution in [0.15, 0.2) is 55.3 Å². The Bertz CT molecular complexity index is 559. The van der Waals surface area contributed by atoms with Crippen molar-refractivity contribution in [3.8, 4) is 0 Å². The highest BCUT2D eigenvalue weighted by molar-refractivity contribution is 8.68. The van der Waals surface area contributed by atoms with Crippen LogP contribution in [0.4, 0.5) is 5.69 Å². The van der Waals surface area contributed by atoms with Crippen LogP contribution in [0.5, 0.6) is 0 Å². The lowest BCUT2D eigenvalue weighted by molar-refractivity contribution is -0.461. The third-order valence-corrected chi connectivity index (χ3v) is 4.47. The van der Waals surface area contributed by atoms with Gasteiger partial charge in [-0.15, -0.1) is 11.7 Å². The molecule has 0 saturated carbocycles. The Hall–Kier alpha value is -1.39. The Labute approximate surface area is 150 Å². The van der Waals surface area contributed by atoms with Crippen molar-refractivity contribution in [3.63, 3.8) is 0 Å². The zero-order valence-electron chi connectivity index (χ0n) is 14.1. The van der Waals surface area contributed by atoms with Crippen molar-refractivity contribution in [2.24, 2.45) is 0 Å². The molecule has 1 aromatic carbocycles. The first-order valence-electron chi connectivity index (χ1n) is 7.87. The summed E-state index contributed by atoms with van der Waals surface area (Å²) in [6, 6.07) is 8.62. The maximum absolute atomic E-state index is 4.21. The van der Waals surface area contributed by atoms with Crippen molar-refractivity contribution < 1.29 is 4.58 Å². The summed E-state index contributed by atoms with van der Waals surface area (Å²) >= 11 is 4.21. The summed E-state index contributed by atoms with van der Waals surface area (Å²) in [7, 11) is 1.58. The molecule has 0 radical (unpaired) electrons. The molecule has 0 heterocycles. The highest BCUT2D eigenvalue weighted by Crippen LogP contribution is 2.17. The summed E-state index contributed by atoms with van der Waals surface area (Å²) in [6.07, 6.45) is 7.84. The standard InChI is InChI=1S/C19H26N2S2/c1-5-14-20(6-2)17(4)8-9-18-10-12-19(13-11-18)21(7-3)15-16-23-22/h5,8-14H,1,4,6-7,15-16H2,2-3H3/p+1/b9-8+,20-14?. The predicted molar refractivity (Wildman–Crippen MR) is 111 cm³/mol. The van der Waals surface area contributed by atoms with E-state index in [1.54, 1.807) is 16.9 Å². The molecule has 124 valence electrons. The molecule has 0 aliphatic rings. The van der Waals surface area contributed by atoms with E-state index in [9.17, 15) is 0 Å². The van der Waals surface area contributed by atoms with Crippen molar-refractivity contribution in [3.05, 3.63) is 60.8 Å². The maximum atomic E-state index is 4.21. The monoisotopic (exact) mass is 347 g/mol. The average Bonchev–Trinajstić information content (AvgIpc) is 2.59. The van der Waals surface area contributed by atoms with Crippen LogP contribution in [0.1, 0.15) is 19.4 Å². The van der Waals surface area contributed by atoms with Crippen LogP contribution >= 0.6 is 22.5 Å². The largest absolute Gasteiger partial charge is 0.371 e. The molecule has 0 aliphatic carbocycles. The van der Waals surface area contributed by atoms with E-state index < -0.39 is 0 Å². The molecule has 0 aromatic heterocycles. The zero-order chi connectivity index (χ0) is 17.1. The van der Waals surface area contributed by atoms with Crippen LogP contribution in [0, 0.1) is 0 Å². The van der Waals surface area contributed by atoms with Crippen LogP contribution in [-0.4, -0.2) is 36.2 Å². The van der Waals surface area contributed by atoms with Gasteiger partial charge in [-0.3, -0.25) is 0 Å². The molecule has 23 heavy (non-hydrogen) atoms. The number of rotatable bonds is 10. The molecular formula is C19H27N2S2+. The van der Waals surface area contributed by atoms with Crippen LogP contribution in [0.2, 0.25) is 0 Å². The van der Waals surface area contributed by atoms with Crippen LogP contribution in [0.25, 0.3) is 6.08 Å². The molecule has 0 spiro atoms. The molecule has 0 fully saturated rings. The minimum absolute atomic E-state index is 0.878. The van der Waals surface area contributed by atoms with Gasteiger partial charge in [-0.2, -0.15) is 4.58 Å². The number of thiol groups is 1. The number of nitrogens with zero attached hydrogens (tertiary/aromatic N) is 2. The van der Waals surface area contributed by atoms with Gasteiger partial charge in [0.25, 0.3) is 0 Å². The average molecular weight is 348 g/mol. The maximum Gasteiger partial charge on any atom is 0.197 e. The first-order valence-corrected chi connectivity index (χ1v) is 9.90. The van der Waals surface area contributed by atoms with Gasteiger partial charge < -0.3 is 4.90 Å². The molecule has 0 N–H and O–H groups in total. The van der Waals surface area contributed by atoms with Crippen molar-refractivity contribution >= 4 is 40.4 Å². The Kier molecular flexibility index (Phi) is 9.57. The lowest BCUT2D eigenvalue weighted by Gasteiger charge is -2.22. The summed E-state index contributed by atoms with van der Waals surface area (Å²) in [5, 5.41) is 0. The second kappa shape index (κ2) is 11.2. The highest BCUT2D eigenvalue weighted by Gasteiger charge is 2.04. The summed E-state index contributed by atoms with van der Waals surface area (Å²) in [6.45, 7) is 15.0. The normalized spacial score (nSPS) is 11.7.